The van der Waals surface area contributed by atoms with Crippen molar-refractivity contribution in [2.75, 3.05) is 26.3 Å². The van der Waals surface area contributed by atoms with E-state index in [9.17, 15) is 4.79 Å². The van der Waals surface area contributed by atoms with E-state index in [2.05, 4.69) is 32.9 Å². The molecule has 0 aliphatic carbocycles. The van der Waals surface area contributed by atoms with E-state index in [1.54, 1.807) is 17.9 Å². The Hall–Kier alpha value is -0.720. The lowest BCUT2D eigenvalue weighted by molar-refractivity contribution is -0.0110. The molecule has 1 aliphatic heterocycles. The van der Waals surface area contributed by atoms with Crippen LogP contribution in [-0.2, 0) is 11.8 Å². The predicted octanol–water partition coefficient (Wildman–Crippen LogP) is 1.87. The standard InChI is InChI=1S/C13H20BrN3O2/c1-4-13(2,17-5-7-19-8-6-17)12(18)11-10(14)9-15-16(11)3/h9H,4-8H2,1-3H3. The highest BCUT2D eigenvalue weighted by atomic mass is 79.9. The Morgan fingerprint density at radius 1 is 1.53 bits per heavy atom. The van der Waals surface area contributed by atoms with Gasteiger partial charge in [-0.1, -0.05) is 6.92 Å². The molecule has 0 bridgehead atoms. The summed E-state index contributed by atoms with van der Waals surface area (Å²) in [4.78, 5) is 15.1. The van der Waals surface area contributed by atoms with Crippen molar-refractivity contribution in [2.45, 2.75) is 25.8 Å². The zero-order chi connectivity index (χ0) is 14.0. The third kappa shape index (κ3) is 2.61. The summed E-state index contributed by atoms with van der Waals surface area (Å²) in [6.45, 7) is 7.04. The van der Waals surface area contributed by atoms with E-state index in [1.807, 2.05) is 6.92 Å². The quantitative estimate of drug-likeness (QED) is 0.791. The van der Waals surface area contributed by atoms with Crippen LogP contribution in [0.5, 0.6) is 0 Å². The maximum Gasteiger partial charge on any atom is 0.201 e. The van der Waals surface area contributed by atoms with Crippen molar-refractivity contribution in [3.8, 4) is 0 Å². The molecular weight excluding hydrogens is 310 g/mol. The Morgan fingerprint density at radius 2 is 2.16 bits per heavy atom. The zero-order valence-electron chi connectivity index (χ0n) is 11.6. The lowest BCUT2D eigenvalue weighted by atomic mass is 9.88. The number of morpholine rings is 1. The molecule has 19 heavy (non-hydrogen) atoms. The largest absolute Gasteiger partial charge is 0.379 e. The van der Waals surface area contributed by atoms with Gasteiger partial charge in [-0.25, -0.2) is 0 Å². The van der Waals surface area contributed by atoms with Crippen molar-refractivity contribution in [2.24, 2.45) is 7.05 Å². The second kappa shape index (κ2) is 5.73. The average Bonchev–Trinajstić information content (AvgIpc) is 2.77. The van der Waals surface area contributed by atoms with Crippen molar-refractivity contribution >= 4 is 21.7 Å². The second-order valence-corrected chi connectivity index (χ2v) is 5.88. The molecule has 0 spiro atoms. The first-order chi connectivity index (χ1) is 9.00. The van der Waals surface area contributed by atoms with E-state index in [-0.39, 0.29) is 5.78 Å². The molecule has 1 atom stereocenters. The molecule has 6 heteroatoms. The Morgan fingerprint density at radius 3 is 2.63 bits per heavy atom. The minimum absolute atomic E-state index is 0.115. The molecule has 2 rings (SSSR count). The number of rotatable bonds is 4. The summed E-state index contributed by atoms with van der Waals surface area (Å²) in [6.07, 6.45) is 2.44. The van der Waals surface area contributed by atoms with E-state index < -0.39 is 5.54 Å². The van der Waals surface area contributed by atoms with Crippen LogP contribution in [0.1, 0.15) is 30.8 Å². The van der Waals surface area contributed by atoms with Crippen molar-refractivity contribution in [3.05, 3.63) is 16.4 Å². The fourth-order valence-corrected chi connectivity index (χ4v) is 3.03. The topological polar surface area (TPSA) is 47.4 Å². The minimum atomic E-state index is -0.500. The molecule has 2 heterocycles. The summed E-state index contributed by atoms with van der Waals surface area (Å²) in [5, 5.41) is 4.14. The van der Waals surface area contributed by atoms with Crippen molar-refractivity contribution in [1.82, 2.24) is 14.7 Å². The Balaban J connectivity index is 2.32. The van der Waals surface area contributed by atoms with Crippen LogP contribution in [0.15, 0.2) is 10.7 Å². The fraction of sp³-hybridized carbons (Fsp3) is 0.692. The Labute approximate surface area is 122 Å². The highest BCUT2D eigenvalue weighted by Gasteiger charge is 2.40. The first kappa shape index (κ1) is 14.7. The maximum absolute atomic E-state index is 12.9. The van der Waals surface area contributed by atoms with Gasteiger partial charge in [0.2, 0.25) is 5.78 Å². The molecule has 1 fully saturated rings. The van der Waals surface area contributed by atoms with E-state index in [0.717, 1.165) is 24.0 Å². The molecule has 0 radical (unpaired) electrons. The van der Waals surface area contributed by atoms with Crippen LogP contribution in [0, 0.1) is 0 Å². The van der Waals surface area contributed by atoms with Crippen LogP contribution in [0.3, 0.4) is 0 Å². The molecular formula is C13H20BrN3O2. The van der Waals surface area contributed by atoms with Crippen LogP contribution in [0.25, 0.3) is 0 Å². The highest BCUT2D eigenvalue weighted by Crippen LogP contribution is 2.28. The molecule has 0 saturated carbocycles. The zero-order valence-corrected chi connectivity index (χ0v) is 13.2. The summed E-state index contributed by atoms with van der Waals surface area (Å²) >= 11 is 3.42. The molecule has 1 aromatic heterocycles. The van der Waals surface area contributed by atoms with Crippen molar-refractivity contribution in [3.63, 3.8) is 0 Å². The van der Waals surface area contributed by atoms with E-state index >= 15 is 0 Å². The van der Waals surface area contributed by atoms with E-state index in [4.69, 9.17) is 4.74 Å². The predicted molar refractivity (Wildman–Crippen MR) is 76.3 cm³/mol. The molecule has 1 saturated heterocycles. The third-order valence-corrected chi connectivity index (χ3v) is 4.58. The van der Waals surface area contributed by atoms with Gasteiger partial charge in [-0.05, 0) is 29.3 Å². The number of hydrogen-bond donors (Lipinski definition) is 0. The van der Waals surface area contributed by atoms with Gasteiger partial charge in [0.1, 0.15) is 5.69 Å². The molecule has 5 nitrogen and oxygen atoms in total. The number of ketones is 1. The number of ether oxygens (including phenoxy) is 1. The van der Waals surface area contributed by atoms with E-state index in [0.29, 0.717) is 18.9 Å². The van der Waals surface area contributed by atoms with Crippen LogP contribution in [0.4, 0.5) is 0 Å². The van der Waals surface area contributed by atoms with Crippen LogP contribution in [-0.4, -0.2) is 52.3 Å². The van der Waals surface area contributed by atoms with Gasteiger partial charge in [-0.2, -0.15) is 5.10 Å². The van der Waals surface area contributed by atoms with Crippen LogP contribution >= 0.6 is 15.9 Å². The highest BCUT2D eigenvalue weighted by molar-refractivity contribution is 9.10. The molecule has 1 unspecified atom stereocenters. The summed E-state index contributed by atoms with van der Waals surface area (Å²) in [7, 11) is 1.80. The van der Waals surface area contributed by atoms with Gasteiger partial charge >= 0.3 is 0 Å². The lowest BCUT2D eigenvalue weighted by Gasteiger charge is -2.41. The molecule has 0 aromatic carbocycles. The van der Waals surface area contributed by atoms with Gasteiger partial charge in [-0.3, -0.25) is 14.4 Å². The van der Waals surface area contributed by atoms with Crippen LogP contribution < -0.4 is 0 Å². The molecule has 0 amide bonds. The second-order valence-electron chi connectivity index (χ2n) is 5.02. The van der Waals surface area contributed by atoms with Gasteiger partial charge in [0.05, 0.1) is 29.4 Å². The maximum atomic E-state index is 12.9. The molecule has 106 valence electrons. The number of carbonyl (C=O) groups excluding carboxylic acids is 1. The Bertz CT molecular complexity index is 449. The van der Waals surface area contributed by atoms with Gasteiger partial charge in [0.25, 0.3) is 0 Å². The Kier molecular flexibility index (Phi) is 4.43. The normalized spacial score (nSPS) is 20.2. The third-order valence-electron chi connectivity index (χ3n) is 4.00. The van der Waals surface area contributed by atoms with E-state index in [1.165, 1.54) is 0 Å². The molecule has 0 N–H and O–H groups in total. The summed E-state index contributed by atoms with van der Waals surface area (Å²) in [6, 6.07) is 0. The number of aromatic nitrogens is 2. The van der Waals surface area contributed by atoms with Gasteiger partial charge < -0.3 is 4.74 Å². The van der Waals surface area contributed by atoms with Gasteiger partial charge in [0, 0.05) is 20.1 Å². The van der Waals surface area contributed by atoms with Gasteiger partial charge in [-0.15, -0.1) is 0 Å². The number of carbonyl (C=O) groups is 1. The number of Topliss-reactive ketones (excluding diaryl/α,β-unsaturated/α-hetero) is 1. The summed E-state index contributed by atoms with van der Waals surface area (Å²) < 4.78 is 7.77. The van der Waals surface area contributed by atoms with Crippen molar-refractivity contribution in [1.29, 1.82) is 0 Å². The molecule has 1 aliphatic rings. The minimum Gasteiger partial charge on any atom is -0.379 e. The summed E-state index contributed by atoms with van der Waals surface area (Å²) in [5.74, 6) is 0.115. The van der Waals surface area contributed by atoms with Gasteiger partial charge in [0.15, 0.2) is 0 Å². The smallest absolute Gasteiger partial charge is 0.201 e. The summed E-state index contributed by atoms with van der Waals surface area (Å²) in [5.41, 5.74) is 0.135. The first-order valence-electron chi connectivity index (χ1n) is 6.55. The molecule has 1 aromatic rings. The average molecular weight is 330 g/mol. The number of hydrogen-bond acceptors (Lipinski definition) is 4. The first-order valence-corrected chi connectivity index (χ1v) is 7.35. The number of nitrogens with zero attached hydrogens (tertiary/aromatic N) is 3. The number of halogens is 1. The lowest BCUT2D eigenvalue weighted by Crippen LogP contribution is -2.56. The fourth-order valence-electron chi connectivity index (χ4n) is 2.51. The monoisotopic (exact) mass is 329 g/mol. The van der Waals surface area contributed by atoms with Crippen molar-refractivity contribution < 1.29 is 9.53 Å². The van der Waals surface area contributed by atoms with Crippen LogP contribution in [0.2, 0.25) is 0 Å². The SMILES string of the molecule is CCC(C)(C(=O)c1c(Br)cnn1C)N1CCOCC1. The number of aryl methyl sites for hydroxylation is 1.